The molecule has 1 aromatic rings. The highest BCUT2D eigenvalue weighted by atomic mass is 16.1. The third-order valence-corrected chi connectivity index (χ3v) is 3.39. The maximum absolute atomic E-state index is 11.5. The van der Waals surface area contributed by atoms with E-state index >= 15 is 0 Å². The van der Waals surface area contributed by atoms with E-state index in [-0.39, 0.29) is 11.9 Å². The summed E-state index contributed by atoms with van der Waals surface area (Å²) in [5, 5.41) is 6.29. The van der Waals surface area contributed by atoms with Crippen LogP contribution < -0.4 is 10.6 Å². The fourth-order valence-electron chi connectivity index (χ4n) is 2.13. The van der Waals surface area contributed by atoms with Gasteiger partial charge in [0.1, 0.15) is 0 Å². The van der Waals surface area contributed by atoms with Crippen molar-refractivity contribution in [1.29, 1.82) is 0 Å². The minimum atomic E-state index is 0.129. The highest BCUT2D eigenvalue weighted by Crippen LogP contribution is 2.14. The predicted molar refractivity (Wildman–Crippen MR) is 84.8 cm³/mol. The average Bonchev–Trinajstić information content (AvgIpc) is 2.46. The second kappa shape index (κ2) is 9.54. The Morgan fingerprint density at radius 3 is 2.40 bits per heavy atom. The molecule has 0 heterocycles. The van der Waals surface area contributed by atoms with Crippen molar-refractivity contribution in [2.45, 2.75) is 52.5 Å². The lowest BCUT2D eigenvalue weighted by atomic mass is 10.0. The number of rotatable bonds is 9. The van der Waals surface area contributed by atoms with Gasteiger partial charge in [-0.05, 0) is 30.9 Å². The lowest BCUT2D eigenvalue weighted by molar-refractivity contribution is -0.121. The normalized spacial score (nSPS) is 12.2. The minimum absolute atomic E-state index is 0.129. The summed E-state index contributed by atoms with van der Waals surface area (Å²) in [6.07, 6.45) is 3.84. The van der Waals surface area contributed by atoms with Gasteiger partial charge in [0.2, 0.25) is 5.91 Å². The summed E-state index contributed by atoms with van der Waals surface area (Å²) < 4.78 is 0. The van der Waals surface area contributed by atoms with Gasteiger partial charge in [-0.3, -0.25) is 4.79 Å². The molecule has 0 aromatic heterocycles. The molecule has 1 unspecified atom stereocenters. The quantitative estimate of drug-likeness (QED) is 0.727. The number of benzene rings is 1. The molecule has 20 heavy (non-hydrogen) atoms. The molecule has 1 amide bonds. The molecule has 0 aliphatic heterocycles. The molecule has 0 radical (unpaired) electrons. The van der Waals surface area contributed by atoms with E-state index in [4.69, 9.17) is 0 Å². The summed E-state index contributed by atoms with van der Waals surface area (Å²) in [5.41, 5.74) is 2.67. The number of carbonyl (C=O) groups is 1. The molecule has 1 aromatic carbocycles. The molecule has 3 heteroatoms. The summed E-state index contributed by atoms with van der Waals surface area (Å²) in [4.78, 5) is 11.5. The Labute approximate surface area is 123 Å². The van der Waals surface area contributed by atoms with E-state index in [9.17, 15) is 4.79 Å². The van der Waals surface area contributed by atoms with E-state index in [1.54, 1.807) is 0 Å². The van der Waals surface area contributed by atoms with Gasteiger partial charge in [-0.2, -0.15) is 0 Å². The van der Waals surface area contributed by atoms with Crippen molar-refractivity contribution in [3.8, 4) is 0 Å². The Morgan fingerprint density at radius 2 is 1.80 bits per heavy atom. The van der Waals surface area contributed by atoms with Gasteiger partial charge in [0.15, 0.2) is 0 Å². The second-order valence-corrected chi connectivity index (χ2v) is 5.27. The van der Waals surface area contributed by atoms with Crippen LogP contribution >= 0.6 is 0 Å². The number of aryl methyl sites for hydroxylation is 1. The highest BCUT2D eigenvalue weighted by Gasteiger charge is 2.06. The molecule has 112 valence electrons. The van der Waals surface area contributed by atoms with Crippen LogP contribution in [0.3, 0.4) is 0 Å². The predicted octanol–water partition coefficient (Wildman–Crippen LogP) is 3.21. The van der Waals surface area contributed by atoms with E-state index in [0.29, 0.717) is 13.0 Å². The van der Waals surface area contributed by atoms with Crippen molar-refractivity contribution in [2.24, 2.45) is 0 Å². The Kier molecular flexibility index (Phi) is 7.97. The first-order chi connectivity index (χ1) is 9.67. The third kappa shape index (κ3) is 6.20. The molecule has 0 aliphatic rings. The lowest BCUT2D eigenvalue weighted by Gasteiger charge is -2.14. The zero-order chi connectivity index (χ0) is 14.8. The van der Waals surface area contributed by atoms with Crippen molar-refractivity contribution in [3.63, 3.8) is 0 Å². The van der Waals surface area contributed by atoms with E-state index in [1.807, 2.05) is 0 Å². The molecule has 1 rings (SSSR count). The SMILES string of the molecule is CCCNC(=O)CCNC(C)c1ccc(CCC)cc1. The largest absolute Gasteiger partial charge is 0.356 e. The fourth-order valence-corrected chi connectivity index (χ4v) is 2.13. The number of amides is 1. The second-order valence-electron chi connectivity index (χ2n) is 5.27. The molecule has 2 N–H and O–H groups in total. The van der Waals surface area contributed by atoms with E-state index in [2.05, 4.69) is 55.7 Å². The Morgan fingerprint density at radius 1 is 1.10 bits per heavy atom. The van der Waals surface area contributed by atoms with Crippen molar-refractivity contribution in [1.82, 2.24) is 10.6 Å². The van der Waals surface area contributed by atoms with Gasteiger partial charge < -0.3 is 10.6 Å². The Bertz CT molecular complexity index is 386. The highest BCUT2D eigenvalue weighted by molar-refractivity contribution is 5.75. The zero-order valence-corrected chi connectivity index (χ0v) is 13.0. The van der Waals surface area contributed by atoms with Crippen LogP contribution in [0.1, 0.15) is 57.2 Å². The first kappa shape index (κ1) is 16.7. The first-order valence-electron chi connectivity index (χ1n) is 7.76. The van der Waals surface area contributed by atoms with Crippen LogP contribution in [0.5, 0.6) is 0 Å². The van der Waals surface area contributed by atoms with Crippen LogP contribution in [0.15, 0.2) is 24.3 Å². The minimum Gasteiger partial charge on any atom is -0.356 e. The molecule has 0 aliphatic carbocycles. The maximum atomic E-state index is 11.5. The van der Waals surface area contributed by atoms with Crippen molar-refractivity contribution in [2.75, 3.05) is 13.1 Å². The summed E-state index contributed by atoms with van der Waals surface area (Å²) in [6, 6.07) is 9.04. The van der Waals surface area contributed by atoms with Crippen LogP contribution in [0.2, 0.25) is 0 Å². The summed E-state index contributed by atoms with van der Waals surface area (Å²) >= 11 is 0. The molecule has 3 nitrogen and oxygen atoms in total. The van der Waals surface area contributed by atoms with E-state index in [0.717, 1.165) is 19.4 Å². The average molecular weight is 276 g/mol. The molecule has 0 saturated heterocycles. The van der Waals surface area contributed by atoms with Crippen LogP contribution in [-0.4, -0.2) is 19.0 Å². The van der Waals surface area contributed by atoms with Crippen molar-refractivity contribution >= 4 is 5.91 Å². The summed E-state index contributed by atoms with van der Waals surface area (Å²) in [5.74, 6) is 0.129. The first-order valence-corrected chi connectivity index (χ1v) is 7.76. The molecule has 0 bridgehead atoms. The lowest BCUT2D eigenvalue weighted by Crippen LogP contribution is -2.29. The Balaban J connectivity index is 2.31. The van der Waals surface area contributed by atoms with Crippen LogP contribution in [0, 0.1) is 0 Å². The number of carbonyl (C=O) groups excluding carboxylic acids is 1. The standard InChI is InChI=1S/C17H28N2O/c1-4-6-15-7-9-16(10-8-15)14(3)18-13-11-17(20)19-12-5-2/h7-10,14,18H,4-6,11-13H2,1-3H3,(H,19,20). The smallest absolute Gasteiger partial charge is 0.221 e. The van der Waals surface area contributed by atoms with Gasteiger partial charge in [0.05, 0.1) is 0 Å². The third-order valence-electron chi connectivity index (χ3n) is 3.39. The molecule has 0 spiro atoms. The zero-order valence-electron chi connectivity index (χ0n) is 13.0. The van der Waals surface area contributed by atoms with Gasteiger partial charge in [0.25, 0.3) is 0 Å². The van der Waals surface area contributed by atoms with Gasteiger partial charge in [-0.1, -0.05) is 44.5 Å². The number of hydrogen-bond donors (Lipinski definition) is 2. The molecule has 1 atom stereocenters. The van der Waals surface area contributed by atoms with Crippen molar-refractivity contribution < 1.29 is 4.79 Å². The summed E-state index contributed by atoms with van der Waals surface area (Å²) in [7, 11) is 0. The molecular formula is C17H28N2O. The summed E-state index contributed by atoms with van der Waals surface area (Å²) in [6.45, 7) is 7.88. The number of hydrogen-bond acceptors (Lipinski definition) is 2. The van der Waals surface area contributed by atoms with E-state index < -0.39 is 0 Å². The maximum Gasteiger partial charge on any atom is 0.221 e. The topological polar surface area (TPSA) is 41.1 Å². The van der Waals surface area contributed by atoms with Crippen LogP contribution in [0.4, 0.5) is 0 Å². The monoisotopic (exact) mass is 276 g/mol. The van der Waals surface area contributed by atoms with Gasteiger partial charge in [-0.15, -0.1) is 0 Å². The van der Waals surface area contributed by atoms with E-state index in [1.165, 1.54) is 17.5 Å². The molecular weight excluding hydrogens is 248 g/mol. The van der Waals surface area contributed by atoms with Gasteiger partial charge >= 0.3 is 0 Å². The van der Waals surface area contributed by atoms with Gasteiger partial charge in [0, 0.05) is 25.6 Å². The van der Waals surface area contributed by atoms with Crippen LogP contribution in [-0.2, 0) is 11.2 Å². The number of nitrogens with one attached hydrogen (secondary N) is 2. The fraction of sp³-hybridized carbons (Fsp3) is 0.588. The van der Waals surface area contributed by atoms with Gasteiger partial charge in [-0.25, -0.2) is 0 Å². The molecule has 0 saturated carbocycles. The Hall–Kier alpha value is -1.35. The van der Waals surface area contributed by atoms with Crippen LogP contribution in [0.25, 0.3) is 0 Å². The van der Waals surface area contributed by atoms with Crippen molar-refractivity contribution in [3.05, 3.63) is 35.4 Å². The molecule has 0 fully saturated rings.